The number of aromatic nitrogens is 3. The number of nitrogens with zero attached hydrogens (tertiary/aromatic N) is 3. The van der Waals surface area contributed by atoms with Gasteiger partial charge < -0.3 is 5.32 Å². The Morgan fingerprint density at radius 2 is 2.06 bits per heavy atom. The Morgan fingerprint density at radius 1 is 1.39 bits per heavy atom. The summed E-state index contributed by atoms with van der Waals surface area (Å²) in [4.78, 5) is 15.7. The van der Waals surface area contributed by atoms with Gasteiger partial charge in [-0.1, -0.05) is 15.9 Å². The minimum Gasteiger partial charge on any atom is -0.324 e. The normalized spacial score (nSPS) is 10.4. The highest BCUT2D eigenvalue weighted by atomic mass is 79.9. The molecular weight excluding hydrogens is 296 g/mol. The summed E-state index contributed by atoms with van der Waals surface area (Å²) < 4.78 is 2.49. The lowest BCUT2D eigenvalue weighted by atomic mass is 10.1. The number of amides is 1. The van der Waals surface area contributed by atoms with Crippen molar-refractivity contribution in [2.45, 2.75) is 20.4 Å². The lowest BCUT2D eigenvalue weighted by Crippen LogP contribution is -2.20. The highest BCUT2D eigenvalue weighted by molar-refractivity contribution is 9.10. The smallest absolute Gasteiger partial charge is 0.246 e. The van der Waals surface area contributed by atoms with Crippen LogP contribution in [0.4, 0.5) is 5.69 Å². The summed E-state index contributed by atoms with van der Waals surface area (Å²) in [6, 6.07) is 3.94. The molecule has 1 amide bonds. The molecule has 94 valence electrons. The molecule has 0 aliphatic rings. The molecule has 0 atom stereocenters. The molecule has 0 aliphatic heterocycles. The van der Waals surface area contributed by atoms with Crippen molar-refractivity contribution >= 4 is 27.5 Å². The van der Waals surface area contributed by atoms with Crippen molar-refractivity contribution in [1.29, 1.82) is 0 Å². The monoisotopic (exact) mass is 308 g/mol. The van der Waals surface area contributed by atoms with Crippen LogP contribution in [0.25, 0.3) is 0 Å². The van der Waals surface area contributed by atoms with E-state index in [1.807, 2.05) is 26.0 Å². The van der Waals surface area contributed by atoms with E-state index in [1.54, 1.807) is 0 Å². The minimum atomic E-state index is -0.117. The molecule has 1 heterocycles. The molecular formula is C12H13BrN4O. The third-order valence-corrected chi connectivity index (χ3v) is 2.99. The quantitative estimate of drug-likeness (QED) is 0.946. The zero-order valence-electron chi connectivity index (χ0n) is 10.1. The summed E-state index contributed by atoms with van der Waals surface area (Å²) in [5.74, 6) is -0.117. The van der Waals surface area contributed by atoms with Gasteiger partial charge in [0.05, 0.1) is 0 Å². The second-order valence-electron chi connectivity index (χ2n) is 4.06. The molecule has 1 aromatic heterocycles. The number of benzene rings is 1. The molecule has 0 bridgehead atoms. The fraction of sp³-hybridized carbons (Fsp3) is 0.250. The van der Waals surface area contributed by atoms with E-state index in [2.05, 4.69) is 31.3 Å². The Labute approximate surface area is 113 Å². The number of anilines is 1. The number of carbonyl (C=O) groups is 1. The number of halogens is 1. The average Bonchev–Trinajstić information content (AvgIpc) is 2.76. The molecule has 2 aromatic rings. The van der Waals surface area contributed by atoms with Crippen molar-refractivity contribution < 1.29 is 4.79 Å². The maximum Gasteiger partial charge on any atom is 0.246 e. The van der Waals surface area contributed by atoms with E-state index in [0.29, 0.717) is 0 Å². The highest BCUT2D eigenvalue weighted by Gasteiger charge is 2.09. The van der Waals surface area contributed by atoms with Crippen molar-refractivity contribution in [1.82, 2.24) is 14.8 Å². The Morgan fingerprint density at radius 3 is 2.61 bits per heavy atom. The molecule has 18 heavy (non-hydrogen) atoms. The van der Waals surface area contributed by atoms with Crippen LogP contribution in [0.5, 0.6) is 0 Å². The van der Waals surface area contributed by atoms with Gasteiger partial charge >= 0.3 is 0 Å². The van der Waals surface area contributed by atoms with E-state index < -0.39 is 0 Å². The van der Waals surface area contributed by atoms with Gasteiger partial charge in [0.15, 0.2) is 0 Å². The standard InChI is InChI=1S/C12H13BrN4O/c1-8-3-10(13)4-9(2)12(8)16-11(18)5-17-7-14-6-15-17/h3-4,6-7H,5H2,1-2H3,(H,16,18). The van der Waals surface area contributed by atoms with Crippen LogP contribution in [0, 0.1) is 13.8 Å². The van der Waals surface area contributed by atoms with Crippen molar-refractivity contribution in [2.24, 2.45) is 0 Å². The van der Waals surface area contributed by atoms with Crippen molar-refractivity contribution in [2.75, 3.05) is 5.32 Å². The fourth-order valence-electron chi connectivity index (χ4n) is 1.75. The van der Waals surface area contributed by atoms with Crippen LogP contribution in [-0.2, 0) is 11.3 Å². The maximum absolute atomic E-state index is 11.9. The van der Waals surface area contributed by atoms with Crippen LogP contribution in [0.3, 0.4) is 0 Å². The van der Waals surface area contributed by atoms with Gasteiger partial charge in [-0.05, 0) is 37.1 Å². The lowest BCUT2D eigenvalue weighted by Gasteiger charge is -2.12. The number of aryl methyl sites for hydroxylation is 2. The van der Waals surface area contributed by atoms with E-state index >= 15 is 0 Å². The number of carbonyl (C=O) groups excluding carboxylic acids is 1. The van der Waals surface area contributed by atoms with Gasteiger partial charge in [0.1, 0.15) is 19.2 Å². The highest BCUT2D eigenvalue weighted by Crippen LogP contribution is 2.24. The van der Waals surface area contributed by atoms with E-state index in [4.69, 9.17) is 0 Å². The van der Waals surface area contributed by atoms with Crippen molar-refractivity contribution in [3.05, 3.63) is 40.4 Å². The summed E-state index contributed by atoms with van der Waals surface area (Å²) in [5, 5.41) is 6.79. The van der Waals surface area contributed by atoms with Gasteiger partial charge in [-0.25, -0.2) is 9.67 Å². The number of rotatable bonds is 3. The van der Waals surface area contributed by atoms with Crippen LogP contribution in [-0.4, -0.2) is 20.7 Å². The molecule has 0 spiro atoms. The molecule has 5 nitrogen and oxygen atoms in total. The minimum absolute atomic E-state index is 0.117. The molecule has 0 saturated carbocycles. The van der Waals surface area contributed by atoms with Gasteiger partial charge in [0.25, 0.3) is 0 Å². The van der Waals surface area contributed by atoms with Crippen molar-refractivity contribution in [3.8, 4) is 0 Å². The first kappa shape index (κ1) is 12.8. The summed E-state index contributed by atoms with van der Waals surface area (Å²) >= 11 is 3.43. The molecule has 0 unspecified atom stereocenters. The molecule has 0 saturated heterocycles. The van der Waals surface area contributed by atoms with Crippen molar-refractivity contribution in [3.63, 3.8) is 0 Å². The number of hydrogen-bond acceptors (Lipinski definition) is 3. The Balaban J connectivity index is 2.12. The van der Waals surface area contributed by atoms with E-state index in [0.717, 1.165) is 21.3 Å². The number of hydrogen-bond donors (Lipinski definition) is 1. The molecule has 0 aliphatic carbocycles. The molecule has 1 N–H and O–H groups in total. The summed E-state index contributed by atoms with van der Waals surface area (Å²) in [7, 11) is 0. The molecule has 0 fully saturated rings. The molecule has 1 aromatic carbocycles. The second kappa shape index (κ2) is 5.30. The topological polar surface area (TPSA) is 59.8 Å². The number of nitrogens with one attached hydrogen (secondary N) is 1. The summed E-state index contributed by atoms with van der Waals surface area (Å²) in [6.45, 7) is 4.08. The van der Waals surface area contributed by atoms with Gasteiger partial charge in [-0.3, -0.25) is 4.79 Å². The molecule has 0 radical (unpaired) electrons. The van der Waals surface area contributed by atoms with Crippen LogP contribution in [0.2, 0.25) is 0 Å². The molecule has 2 rings (SSSR count). The second-order valence-corrected chi connectivity index (χ2v) is 4.97. The first-order valence-electron chi connectivity index (χ1n) is 5.45. The Hall–Kier alpha value is -1.69. The third kappa shape index (κ3) is 2.95. The fourth-order valence-corrected chi connectivity index (χ4v) is 2.44. The molecule has 6 heteroatoms. The van der Waals surface area contributed by atoms with Crippen LogP contribution in [0.15, 0.2) is 29.3 Å². The van der Waals surface area contributed by atoms with Gasteiger partial charge in [-0.15, -0.1) is 0 Å². The third-order valence-electron chi connectivity index (χ3n) is 2.53. The van der Waals surface area contributed by atoms with Crippen LogP contribution in [0.1, 0.15) is 11.1 Å². The zero-order valence-corrected chi connectivity index (χ0v) is 11.7. The average molecular weight is 309 g/mol. The van der Waals surface area contributed by atoms with Crippen LogP contribution < -0.4 is 5.32 Å². The summed E-state index contributed by atoms with van der Waals surface area (Å²) in [5.41, 5.74) is 2.89. The predicted molar refractivity (Wildman–Crippen MR) is 72.3 cm³/mol. The summed E-state index contributed by atoms with van der Waals surface area (Å²) in [6.07, 6.45) is 2.92. The zero-order chi connectivity index (χ0) is 13.1. The largest absolute Gasteiger partial charge is 0.324 e. The first-order valence-corrected chi connectivity index (χ1v) is 6.24. The van der Waals surface area contributed by atoms with E-state index in [-0.39, 0.29) is 12.5 Å². The van der Waals surface area contributed by atoms with Gasteiger partial charge in [0.2, 0.25) is 5.91 Å². The predicted octanol–water partition coefficient (Wildman–Crippen LogP) is 2.30. The Kier molecular flexibility index (Phi) is 3.76. The van der Waals surface area contributed by atoms with E-state index in [9.17, 15) is 4.79 Å². The first-order chi connectivity index (χ1) is 8.56. The van der Waals surface area contributed by atoms with Gasteiger partial charge in [-0.2, -0.15) is 5.10 Å². The van der Waals surface area contributed by atoms with E-state index in [1.165, 1.54) is 17.3 Å². The SMILES string of the molecule is Cc1cc(Br)cc(C)c1NC(=O)Cn1cncn1. The van der Waals surface area contributed by atoms with Gasteiger partial charge in [0, 0.05) is 10.2 Å². The van der Waals surface area contributed by atoms with Crippen LogP contribution >= 0.6 is 15.9 Å². The Bertz CT molecular complexity index is 542. The lowest BCUT2D eigenvalue weighted by molar-refractivity contribution is -0.116. The maximum atomic E-state index is 11.9.